The Morgan fingerprint density at radius 2 is 1.08 bits per heavy atom. The van der Waals surface area contributed by atoms with Crippen LogP contribution in [-0.2, 0) is 0 Å². The molecule has 1 aliphatic carbocycles. The molecule has 0 spiro atoms. The molecule has 3 heterocycles. The third kappa shape index (κ3) is 5.71. The van der Waals surface area contributed by atoms with Crippen molar-refractivity contribution >= 4 is 67.0 Å². The van der Waals surface area contributed by atoms with Crippen molar-refractivity contribution in [3.8, 4) is 22.5 Å². The van der Waals surface area contributed by atoms with Gasteiger partial charge < -0.3 is 14.5 Å². The number of allylic oxidation sites excluding steroid dienone is 1. The number of nitrogens with one attached hydrogen (secondary N) is 1. The second kappa shape index (κ2) is 14.0. The fraction of sp³-hybridized carbons (Fsp3) is 0.0536. The summed E-state index contributed by atoms with van der Waals surface area (Å²) in [6, 6.07) is 68.1. The maximum Gasteiger partial charge on any atom is 0.145 e. The van der Waals surface area contributed by atoms with Crippen molar-refractivity contribution < 1.29 is 0 Å². The van der Waals surface area contributed by atoms with E-state index in [-0.39, 0.29) is 6.17 Å². The molecule has 1 aliphatic heterocycles. The SMILES string of the molecule is C1=C(c2ccccc2)NC(c2ccccc2)N=C1c1ccc2cc(-n3c4c(c5cc(-c6ccc7c(c6)c6ccccc6n7-c6ccccc6)ccc53)=CCCC=4)ccc2c1. The van der Waals surface area contributed by atoms with Crippen LogP contribution < -0.4 is 15.9 Å². The summed E-state index contributed by atoms with van der Waals surface area (Å²) in [6.07, 6.45) is 8.94. The minimum absolute atomic E-state index is 0.175. The van der Waals surface area contributed by atoms with E-state index in [1.165, 1.54) is 76.6 Å². The molecule has 0 saturated carbocycles. The molecule has 4 nitrogen and oxygen atoms in total. The largest absolute Gasteiger partial charge is 0.360 e. The number of aromatic nitrogens is 2. The summed E-state index contributed by atoms with van der Waals surface area (Å²) < 4.78 is 4.84. The van der Waals surface area contributed by atoms with E-state index < -0.39 is 0 Å². The Morgan fingerprint density at radius 3 is 1.90 bits per heavy atom. The van der Waals surface area contributed by atoms with Gasteiger partial charge in [0.2, 0.25) is 0 Å². The Hall–Kier alpha value is -7.69. The molecule has 284 valence electrons. The average molecular weight is 769 g/mol. The van der Waals surface area contributed by atoms with Crippen LogP contribution in [0, 0.1) is 0 Å². The second-order valence-corrected chi connectivity index (χ2v) is 15.9. The monoisotopic (exact) mass is 768 g/mol. The molecule has 4 heteroatoms. The van der Waals surface area contributed by atoms with Gasteiger partial charge in [-0.15, -0.1) is 0 Å². The van der Waals surface area contributed by atoms with E-state index in [0.717, 1.165) is 40.9 Å². The predicted molar refractivity (Wildman–Crippen MR) is 251 cm³/mol. The molecule has 12 rings (SSSR count). The van der Waals surface area contributed by atoms with Crippen LogP contribution in [0.25, 0.3) is 83.8 Å². The fourth-order valence-electron chi connectivity index (χ4n) is 9.47. The Labute approximate surface area is 348 Å². The van der Waals surface area contributed by atoms with Crippen LogP contribution in [0.1, 0.15) is 35.7 Å². The molecule has 0 amide bonds. The minimum Gasteiger partial charge on any atom is -0.360 e. The topological polar surface area (TPSA) is 34.2 Å². The molecule has 60 heavy (non-hydrogen) atoms. The maximum atomic E-state index is 5.23. The minimum atomic E-state index is -0.175. The molecule has 0 fully saturated rings. The summed E-state index contributed by atoms with van der Waals surface area (Å²) >= 11 is 0. The van der Waals surface area contributed by atoms with Crippen LogP contribution in [0.3, 0.4) is 0 Å². The first-order valence-corrected chi connectivity index (χ1v) is 20.9. The van der Waals surface area contributed by atoms with Gasteiger partial charge in [-0.1, -0.05) is 140 Å². The first-order chi connectivity index (χ1) is 29.7. The lowest BCUT2D eigenvalue weighted by Crippen LogP contribution is -2.30. The lowest BCUT2D eigenvalue weighted by molar-refractivity contribution is 0.664. The summed E-state index contributed by atoms with van der Waals surface area (Å²) in [7, 11) is 0. The number of aliphatic imine (C=N–C) groups is 1. The van der Waals surface area contributed by atoms with Crippen molar-refractivity contribution in [1.82, 2.24) is 14.5 Å². The molecule has 2 aromatic heterocycles. The third-order valence-corrected chi connectivity index (χ3v) is 12.3. The molecule has 2 aliphatic rings. The number of hydrogen-bond donors (Lipinski definition) is 1. The van der Waals surface area contributed by atoms with Crippen LogP contribution in [0.4, 0.5) is 0 Å². The van der Waals surface area contributed by atoms with Gasteiger partial charge in [0.25, 0.3) is 0 Å². The van der Waals surface area contributed by atoms with E-state index in [2.05, 4.69) is 221 Å². The van der Waals surface area contributed by atoms with E-state index in [1.807, 2.05) is 0 Å². The first kappa shape index (κ1) is 34.4. The Kier molecular flexibility index (Phi) is 8.02. The molecule has 0 saturated heterocycles. The zero-order valence-corrected chi connectivity index (χ0v) is 33.0. The highest BCUT2D eigenvalue weighted by Crippen LogP contribution is 2.36. The number of para-hydroxylation sites is 2. The summed E-state index contributed by atoms with van der Waals surface area (Å²) in [4.78, 5) is 5.23. The summed E-state index contributed by atoms with van der Waals surface area (Å²) in [5, 5.41) is 12.5. The van der Waals surface area contributed by atoms with Gasteiger partial charge in [-0.2, -0.15) is 0 Å². The van der Waals surface area contributed by atoms with E-state index in [4.69, 9.17) is 4.99 Å². The maximum absolute atomic E-state index is 5.23. The molecule has 1 N–H and O–H groups in total. The van der Waals surface area contributed by atoms with Gasteiger partial charge in [0, 0.05) is 49.4 Å². The van der Waals surface area contributed by atoms with Gasteiger partial charge in [0.1, 0.15) is 6.17 Å². The average Bonchev–Trinajstić information content (AvgIpc) is 3.84. The summed E-state index contributed by atoms with van der Waals surface area (Å²) in [6.45, 7) is 0. The normalized spacial score (nSPS) is 15.0. The van der Waals surface area contributed by atoms with E-state index in [0.29, 0.717) is 0 Å². The van der Waals surface area contributed by atoms with E-state index >= 15 is 0 Å². The molecular weight excluding hydrogens is 729 g/mol. The third-order valence-electron chi connectivity index (χ3n) is 12.3. The zero-order chi connectivity index (χ0) is 39.6. The van der Waals surface area contributed by atoms with Crippen LogP contribution >= 0.6 is 0 Å². The molecular formula is C56H40N4. The number of fused-ring (bicyclic) bond motifs is 7. The molecule has 1 atom stereocenters. The van der Waals surface area contributed by atoms with E-state index in [1.54, 1.807) is 0 Å². The number of benzene rings is 8. The second-order valence-electron chi connectivity index (χ2n) is 15.9. The smallest absolute Gasteiger partial charge is 0.145 e. The van der Waals surface area contributed by atoms with Gasteiger partial charge in [0.05, 0.1) is 22.3 Å². The summed E-state index contributed by atoms with van der Waals surface area (Å²) in [5.74, 6) is 0. The van der Waals surface area contributed by atoms with Gasteiger partial charge in [0.15, 0.2) is 0 Å². The molecule has 10 aromatic rings. The van der Waals surface area contributed by atoms with Crippen molar-refractivity contribution in [2.45, 2.75) is 19.0 Å². The van der Waals surface area contributed by atoms with Gasteiger partial charge in [-0.25, -0.2) is 0 Å². The summed E-state index contributed by atoms with van der Waals surface area (Å²) in [5.41, 5.74) is 13.9. The van der Waals surface area contributed by atoms with Gasteiger partial charge >= 0.3 is 0 Å². The van der Waals surface area contributed by atoms with Crippen LogP contribution in [-0.4, -0.2) is 14.8 Å². The highest BCUT2D eigenvalue weighted by atomic mass is 15.1. The Balaban J connectivity index is 0.937. The number of hydrogen-bond acceptors (Lipinski definition) is 2. The molecule has 0 radical (unpaired) electrons. The van der Waals surface area contributed by atoms with Crippen molar-refractivity contribution in [1.29, 1.82) is 0 Å². The quantitative estimate of drug-likeness (QED) is 0.180. The lowest BCUT2D eigenvalue weighted by atomic mass is 9.99. The van der Waals surface area contributed by atoms with Crippen molar-refractivity contribution in [3.63, 3.8) is 0 Å². The Bertz CT molecular complexity index is 3500. The first-order valence-electron chi connectivity index (χ1n) is 20.9. The Morgan fingerprint density at radius 1 is 0.450 bits per heavy atom. The molecule has 8 aromatic carbocycles. The highest BCUT2D eigenvalue weighted by Gasteiger charge is 2.20. The lowest BCUT2D eigenvalue weighted by Gasteiger charge is -2.25. The van der Waals surface area contributed by atoms with Crippen molar-refractivity contribution in [2.75, 3.05) is 0 Å². The van der Waals surface area contributed by atoms with E-state index in [9.17, 15) is 0 Å². The zero-order valence-electron chi connectivity index (χ0n) is 33.0. The van der Waals surface area contributed by atoms with Crippen LogP contribution in [0.2, 0.25) is 0 Å². The molecule has 0 bridgehead atoms. The molecule has 1 unspecified atom stereocenters. The van der Waals surface area contributed by atoms with Crippen LogP contribution in [0.5, 0.6) is 0 Å². The van der Waals surface area contributed by atoms with Crippen LogP contribution in [0.15, 0.2) is 199 Å². The van der Waals surface area contributed by atoms with Crippen molar-refractivity contribution in [2.24, 2.45) is 4.99 Å². The van der Waals surface area contributed by atoms with Gasteiger partial charge in [-0.3, -0.25) is 4.99 Å². The van der Waals surface area contributed by atoms with Crippen molar-refractivity contribution in [3.05, 3.63) is 221 Å². The highest BCUT2D eigenvalue weighted by molar-refractivity contribution is 6.14. The standard InChI is InChI=1S/C56H40N4/c1-4-14-37(15-5-1)50-36-51(58-56(57-50)38-16-6-2-7-17-38)43-25-24-40-33-45(29-26-39(40)32-43)60-53-23-13-11-21-47(53)49-35-42(28-31-55(49)60)41-27-30-54-48(34-41)46-20-10-12-22-52(46)59(54)44-18-8-3-9-19-44/h1-10,12,14-36,56-57H,11,13H2. The van der Waals surface area contributed by atoms with Gasteiger partial charge in [-0.05, 0) is 113 Å². The fourth-order valence-corrected chi connectivity index (χ4v) is 9.47. The number of rotatable bonds is 6. The number of nitrogens with zero attached hydrogens (tertiary/aromatic N) is 3. The predicted octanol–water partition coefficient (Wildman–Crippen LogP) is 12.0.